The van der Waals surface area contributed by atoms with Gasteiger partial charge in [-0.15, -0.1) is 0 Å². The summed E-state index contributed by atoms with van der Waals surface area (Å²) in [6, 6.07) is 9.12. The van der Waals surface area contributed by atoms with E-state index < -0.39 is 24.7 Å². The topological polar surface area (TPSA) is 57.5 Å². The van der Waals surface area contributed by atoms with Crippen molar-refractivity contribution < 1.29 is 19.4 Å². The van der Waals surface area contributed by atoms with Crippen LogP contribution in [0.15, 0.2) is 30.3 Å². The summed E-state index contributed by atoms with van der Waals surface area (Å²) in [6.45, 7) is -0.904. The molecule has 88 valence electrons. The molecule has 2 atom stereocenters. The predicted octanol–water partition coefficient (Wildman–Crippen LogP) is 1.65. The van der Waals surface area contributed by atoms with Crippen molar-refractivity contribution in [2.75, 3.05) is 6.67 Å². The first-order chi connectivity index (χ1) is 7.63. The molecule has 0 bridgehead atoms. The lowest BCUT2D eigenvalue weighted by atomic mass is 9.94. The quantitative estimate of drug-likeness (QED) is 0.775. The fraction of sp³-hybridized carbons (Fsp3) is 0.417. The minimum Gasteiger partial charge on any atom is -0.481 e. The van der Waals surface area contributed by atoms with Gasteiger partial charge in [-0.3, -0.25) is 4.79 Å². The molecule has 1 rings (SSSR count). The third-order valence-corrected chi connectivity index (χ3v) is 2.41. The van der Waals surface area contributed by atoms with Gasteiger partial charge < -0.3 is 10.2 Å². The van der Waals surface area contributed by atoms with Crippen molar-refractivity contribution in [3.63, 3.8) is 0 Å². The first-order valence-corrected chi connectivity index (χ1v) is 5.14. The second-order valence-corrected chi connectivity index (χ2v) is 3.77. The maximum atomic E-state index is 12.1. The number of carboxylic acid groups (broad SMARTS) is 1. The SMILES string of the molecule is O=C(O)C(Cc1ccccc1)CC(O)CF. The van der Waals surface area contributed by atoms with Gasteiger partial charge in [0.2, 0.25) is 0 Å². The van der Waals surface area contributed by atoms with Crippen LogP contribution in [0.2, 0.25) is 0 Å². The lowest BCUT2D eigenvalue weighted by molar-refractivity contribution is -0.142. The van der Waals surface area contributed by atoms with E-state index in [4.69, 9.17) is 10.2 Å². The summed E-state index contributed by atoms with van der Waals surface area (Å²) in [5.74, 6) is -1.75. The fourth-order valence-electron chi connectivity index (χ4n) is 1.56. The summed E-state index contributed by atoms with van der Waals surface area (Å²) in [5.41, 5.74) is 0.876. The van der Waals surface area contributed by atoms with Gasteiger partial charge in [0.25, 0.3) is 0 Å². The second kappa shape index (κ2) is 6.23. The van der Waals surface area contributed by atoms with Gasteiger partial charge in [-0.2, -0.15) is 0 Å². The number of rotatable bonds is 6. The van der Waals surface area contributed by atoms with E-state index in [0.29, 0.717) is 6.42 Å². The molecule has 3 nitrogen and oxygen atoms in total. The number of hydrogen-bond acceptors (Lipinski definition) is 2. The Bertz CT molecular complexity index is 326. The molecule has 0 fully saturated rings. The lowest BCUT2D eigenvalue weighted by Crippen LogP contribution is -2.23. The van der Waals surface area contributed by atoms with Crippen molar-refractivity contribution in [2.45, 2.75) is 18.9 Å². The Labute approximate surface area is 93.5 Å². The molecule has 0 aliphatic carbocycles. The summed E-state index contributed by atoms with van der Waals surface area (Å²) in [5, 5.41) is 18.1. The zero-order chi connectivity index (χ0) is 12.0. The molecule has 1 aromatic rings. The lowest BCUT2D eigenvalue weighted by Gasteiger charge is -2.14. The zero-order valence-corrected chi connectivity index (χ0v) is 8.84. The first-order valence-electron chi connectivity index (χ1n) is 5.14. The third-order valence-electron chi connectivity index (χ3n) is 2.41. The Morgan fingerprint density at radius 2 is 1.94 bits per heavy atom. The van der Waals surface area contributed by atoms with Crippen molar-refractivity contribution in [1.82, 2.24) is 0 Å². The molecule has 16 heavy (non-hydrogen) atoms. The van der Waals surface area contributed by atoms with E-state index in [1.165, 1.54) is 0 Å². The molecule has 2 N–H and O–H groups in total. The maximum absolute atomic E-state index is 12.1. The number of carbonyl (C=O) groups is 1. The number of aliphatic carboxylic acids is 1. The highest BCUT2D eigenvalue weighted by Crippen LogP contribution is 2.15. The number of carboxylic acids is 1. The highest BCUT2D eigenvalue weighted by Gasteiger charge is 2.21. The van der Waals surface area contributed by atoms with Crippen molar-refractivity contribution in [3.05, 3.63) is 35.9 Å². The van der Waals surface area contributed by atoms with Gasteiger partial charge >= 0.3 is 5.97 Å². The molecule has 0 amide bonds. The summed E-state index contributed by atoms with van der Waals surface area (Å²) < 4.78 is 12.1. The molecule has 0 aromatic heterocycles. The van der Waals surface area contributed by atoms with Gasteiger partial charge in [0.1, 0.15) is 6.67 Å². The molecule has 0 spiro atoms. The van der Waals surface area contributed by atoms with Crippen LogP contribution in [0.3, 0.4) is 0 Å². The van der Waals surface area contributed by atoms with E-state index >= 15 is 0 Å². The molecule has 0 saturated carbocycles. The molecule has 1 aromatic carbocycles. The molecule has 2 unspecified atom stereocenters. The smallest absolute Gasteiger partial charge is 0.306 e. The van der Waals surface area contributed by atoms with E-state index in [9.17, 15) is 9.18 Å². The van der Waals surface area contributed by atoms with E-state index in [1.54, 1.807) is 0 Å². The molecule has 0 aliphatic heterocycles. The Morgan fingerprint density at radius 1 is 1.31 bits per heavy atom. The maximum Gasteiger partial charge on any atom is 0.306 e. The highest BCUT2D eigenvalue weighted by molar-refractivity contribution is 5.70. The largest absolute Gasteiger partial charge is 0.481 e. The molecule has 0 radical (unpaired) electrons. The van der Waals surface area contributed by atoms with Crippen molar-refractivity contribution in [2.24, 2.45) is 5.92 Å². The van der Waals surface area contributed by atoms with Crippen LogP contribution in [0.4, 0.5) is 4.39 Å². The number of alkyl halides is 1. The highest BCUT2D eigenvalue weighted by atomic mass is 19.1. The summed E-state index contributed by atoms with van der Waals surface area (Å²) >= 11 is 0. The molecular formula is C12H15FO3. The summed E-state index contributed by atoms with van der Waals surface area (Å²) in [4.78, 5) is 10.9. The van der Waals surface area contributed by atoms with Gasteiger partial charge in [0.15, 0.2) is 0 Å². The van der Waals surface area contributed by atoms with Crippen LogP contribution >= 0.6 is 0 Å². The summed E-state index contributed by atoms with van der Waals surface area (Å²) in [7, 11) is 0. The molecule has 0 aliphatic rings. The molecule has 0 heterocycles. The van der Waals surface area contributed by atoms with Gasteiger partial charge in [0.05, 0.1) is 12.0 Å². The van der Waals surface area contributed by atoms with Crippen molar-refractivity contribution in [1.29, 1.82) is 0 Å². The number of halogens is 1. The minimum atomic E-state index is -1.19. The number of aliphatic hydroxyl groups is 1. The van der Waals surface area contributed by atoms with Crippen molar-refractivity contribution >= 4 is 5.97 Å². The van der Waals surface area contributed by atoms with Crippen molar-refractivity contribution in [3.8, 4) is 0 Å². The van der Waals surface area contributed by atoms with Gasteiger partial charge in [0, 0.05) is 0 Å². The summed E-state index contributed by atoms with van der Waals surface area (Å²) in [6.07, 6.45) is -0.932. The number of hydrogen-bond donors (Lipinski definition) is 2. The van der Waals surface area contributed by atoms with Crippen LogP contribution in [0.1, 0.15) is 12.0 Å². The monoisotopic (exact) mass is 226 g/mol. The fourth-order valence-corrected chi connectivity index (χ4v) is 1.56. The van der Waals surface area contributed by atoms with Gasteiger partial charge in [-0.25, -0.2) is 4.39 Å². The van der Waals surface area contributed by atoms with E-state index in [0.717, 1.165) is 5.56 Å². The zero-order valence-electron chi connectivity index (χ0n) is 8.84. The van der Waals surface area contributed by atoms with Crippen LogP contribution in [-0.4, -0.2) is 29.0 Å². The minimum absolute atomic E-state index is 0.0548. The second-order valence-electron chi connectivity index (χ2n) is 3.77. The van der Waals surface area contributed by atoms with Gasteiger partial charge in [-0.05, 0) is 18.4 Å². The third kappa shape index (κ3) is 3.98. The van der Waals surface area contributed by atoms with E-state index in [-0.39, 0.29) is 6.42 Å². The first kappa shape index (κ1) is 12.6. The van der Waals surface area contributed by atoms with Gasteiger partial charge in [-0.1, -0.05) is 30.3 Å². The number of aliphatic hydroxyl groups excluding tert-OH is 1. The Morgan fingerprint density at radius 3 is 2.44 bits per heavy atom. The van der Waals surface area contributed by atoms with Crippen LogP contribution in [0.25, 0.3) is 0 Å². The van der Waals surface area contributed by atoms with Crippen LogP contribution in [0, 0.1) is 5.92 Å². The predicted molar refractivity (Wildman–Crippen MR) is 57.9 cm³/mol. The average molecular weight is 226 g/mol. The molecule has 0 saturated heterocycles. The average Bonchev–Trinajstić information content (AvgIpc) is 2.29. The van der Waals surface area contributed by atoms with E-state index in [1.807, 2.05) is 30.3 Å². The van der Waals surface area contributed by atoms with Crippen LogP contribution in [0.5, 0.6) is 0 Å². The molecule has 4 heteroatoms. The number of benzene rings is 1. The normalized spacial score (nSPS) is 14.4. The Hall–Kier alpha value is -1.42. The standard InChI is InChI=1S/C12H15FO3/c13-8-11(14)7-10(12(15)16)6-9-4-2-1-3-5-9/h1-5,10-11,14H,6-8H2,(H,15,16). The van der Waals surface area contributed by atoms with Crippen LogP contribution < -0.4 is 0 Å². The van der Waals surface area contributed by atoms with E-state index in [2.05, 4.69) is 0 Å². The molecular weight excluding hydrogens is 211 g/mol. The Kier molecular flexibility index (Phi) is 4.92. The Balaban J connectivity index is 2.62. The van der Waals surface area contributed by atoms with Crippen LogP contribution in [-0.2, 0) is 11.2 Å².